The minimum Gasteiger partial charge on any atom is -0.468 e. The lowest BCUT2D eigenvalue weighted by atomic mass is 10.1. The molecule has 5 nitrogen and oxygen atoms in total. The second-order valence-corrected chi connectivity index (χ2v) is 4.93. The molecular weight excluding hydrogens is 272 g/mol. The summed E-state index contributed by atoms with van der Waals surface area (Å²) in [5.41, 5.74) is 1.15. The standard InChI is InChI=1S/C16H22O5/c1-3-20-16(17)15-10-14(15)12-4-6-13(7-5-12)21-11-19-9-8-18-2/h4-7,14-15H,3,8-11H2,1-2H3. The van der Waals surface area contributed by atoms with Gasteiger partial charge < -0.3 is 18.9 Å². The van der Waals surface area contributed by atoms with Gasteiger partial charge in [0.05, 0.1) is 25.7 Å². The Labute approximate surface area is 125 Å². The molecule has 21 heavy (non-hydrogen) atoms. The molecular formula is C16H22O5. The van der Waals surface area contributed by atoms with Gasteiger partial charge >= 0.3 is 5.97 Å². The molecule has 2 atom stereocenters. The smallest absolute Gasteiger partial charge is 0.309 e. The molecule has 1 saturated carbocycles. The number of ether oxygens (including phenoxy) is 4. The van der Waals surface area contributed by atoms with E-state index in [1.54, 1.807) is 7.11 Å². The number of hydrogen-bond donors (Lipinski definition) is 0. The van der Waals surface area contributed by atoms with Gasteiger partial charge in [0.1, 0.15) is 5.75 Å². The number of methoxy groups -OCH3 is 1. The molecule has 5 heteroatoms. The third kappa shape index (κ3) is 4.72. The summed E-state index contributed by atoms with van der Waals surface area (Å²) in [7, 11) is 1.63. The third-order valence-corrected chi connectivity index (χ3v) is 3.43. The molecule has 0 heterocycles. The van der Waals surface area contributed by atoms with Gasteiger partial charge in [-0.3, -0.25) is 4.79 Å². The summed E-state index contributed by atoms with van der Waals surface area (Å²) < 4.78 is 20.6. The maximum atomic E-state index is 11.6. The fraction of sp³-hybridized carbons (Fsp3) is 0.562. The molecule has 2 rings (SSSR count). The molecule has 0 aliphatic heterocycles. The van der Waals surface area contributed by atoms with Crippen molar-refractivity contribution in [2.45, 2.75) is 19.3 Å². The van der Waals surface area contributed by atoms with E-state index in [2.05, 4.69) is 0 Å². The summed E-state index contributed by atoms with van der Waals surface area (Å²) >= 11 is 0. The second-order valence-electron chi connectivity index (χ2n) is 4.93. The second kappa shape index (κ2) is 8.00. The Bertz CT molecular complexity index is 442. The van der Waals surface area contributed by atoms with Crippen LogP contribution in [0.3, 0.4) is 0 Å². The van der Waals surface area contributed by atoms with E-state index in [9.17, 15) is 4.79 Å². The van der Waals surface area contributed by atoms with Crippen LogP contribution >= 0.6 is 0 Å². The highest BCUT2D eigenvalue weighted by Gasteiger charge is 2.45. The van der Waals surface area contributed by atoms with Crippen LogP contribution in [-0.4, -0.2) is 39.7 Å². The Kier molecular flexibility index (Phi) is 6.02. The average Bonchev–Trinajstić information content (AvgIpc) is 3.29. The number of esters is 1. The van der Waals surface area contributed by atoms with Gasteiger partial charge in [-0.15, -0.1) is 0 Å². The molecule has 1 aliphatic carbocycles. The van der Waals surface area contributed by atoms with Crippen LogP contribution in [0.25, 0.3) is 0 Å². The van der Waals surface area contributed by atoms with Crippen LogP contribution in [0, 0.1) is 5.92 Å². The van der Waals surface area contributed by atoms with E-state index >= 15 is 0 Å². The molecule has 0 radical (unpaired) electrons. The van der Waals surface area contributed by atoms with Gasteiger partial charge in [0.25, 0.3) is 0 Å². The number of rotatable bonds is 9. The van der Waals surface area contributed by atoms with Gasteiger partial charge in [-0.25, -0.2) is 0 Å². The SMILES string of the molecule is CCOC(=O)C1CC1c1ccc(OCOCCOC)cc1. The topological polar surface area (TPSA) is 54.0 Å². The van der Waals surface area contributed by atoms with E-state index < -0.39 is 0 Å². The van der Waals surface area contributed by atoms with Gasteiger partial charge in [0.2, 0.25) is 0 Å². The maximum absolute atomic E-state index is 11.6. The maximum Gasteiger partial charge on any atom is 0.309 e. The Morgan fingerprint density at radius 3 is 2.67 bits per heavy atom. The quantitative estimate of drug-likeness (QED) is 0.397. The van der Waals surface area contributed by atoms with Crippen molar-refractivity contribution in [3.05, 3.63) is 29.8 Å². The predicted molar refractivity (Wildman–Crippen MR) is 77.2 cm³/mol. The van der Waals surface area contributed by atoms with E-state index in [0.717, 1.165) is 17.7 Å². The lowest BCUT2D eigenvalue weighted by Gasteiger charge is -2.08. The molecule has 0 amide bonds. The Hall–Kier alpha value is -1.59. The van der Waals surface area contributed by atoms with Gasteiger partial charge in [0, 0.05) is 7.11 Å². The predicted octanol–water partition coefficient (Wildman–Crippen LogP) is 2.35. The summed E-state index contributed by atoms with van der Waals surface area (Å²) in [6.07, 6.45) is 0.874. The first-order valence-corrected chi connectivity index (χ1v) is 7.22. The minimum atomic E-state index is -0.0885. The van der Waals surface area contributed by atoms with E-state index in [-0.39, 0.29) is 24.6 Å². The van der Waals surface area contributed by atoms with Crippen LogP contribution in [0.15, 0.2) is 24.3 Å². The van der Waals surface area contributed by atoms with Crippen molar-refractivity contribution in [1.29, 1.82) is 0 Å². The molecule has 0 saturated heterocycles. The summed E-state index contributed by atoms with van der Waals surface area (Å²) in [6.45, 7) is 3.54. The molecule has 0 bridgehead atoms. The zero-order chi connectivity index (χ0) is 15.1. The van der Waals surface area contributed by atoms with E-state index in [1.165, 1.54) is 0 Å². The van der Waals surface area contributed by atoms with Crippen molar-refractivity contribution >= 4 is 5.97 Å². The zero-order valence-corrected chi connectivity index (χ0v) is 12.5. The van der Waals surface area contributed by atoms with Crippen molar-refractivity contribution in [1.82, 2.24) is 0 Å². The summed E-state index contributed by atoms with van der Waals surface area (Å²) in [4.78, 5) is 11.6. The molecule has 1 aromatic rings. The van der Waals surface area contributed by atoms with Crippen LogP contribution in [0.5, 0.6) is 5.75 Å². The van der Waals surface area contributed by atoms with Crippen molar-refractivity contribution in [3.8, 4) is 5.75 Å². The van der Waals surface area contributed by atoms with Crippen LogP contribution in [0.4, 0.5) is 0 Å². The van der Waals surface area contributed by atoms with E-state index in [0.29, 0.717) is 19.8 Å². The molecule has 0 spiro atoms. The van der Waals surface area contributed by atoms with Gasteiger partial charge in [-0.1, -0.05) is 12.1 Å². The van der Waals surface area contributed by atoms with Crippen molar-refractivity contribution < 1.29 is 23.7 Å². The summed E-state index contributed by atoms with van der Waals surface area (Å²) in [5.74, 6) is 0.976. The minimum absolute atomic E-state index is 0.0223. The van der Waals surface area contributed by atoms with Gasteiger partial charge in [-0.05, 0) is 37.0 Å². The molecule has 0 N–H and O–H groups in total. The van der Waals surface area contributed by atoms with Crippen molar-refractivity contribution in [3.63, 3.8) is 0 Å². The highest BCUT2D eigenvalue weighted by atomic mass is 16.7. The zero-order valence-electron chi connectivity index (χ0n) is 12.5. The van der Waals surface area contributed by atoms with E-state index in [4.69, 9.17) is 18.9 Å². The van der Waals surface area contributed by atoms with Crippen LogP contribution < -0.4 is 4.74 Å². The molecule has 0 aromatic heterocycles. The van der Waals surface area contributed by atoms with Crippen LogP contribution in [-0.2, 0) is 19.0 Å². The number of benzene rings is 1. The average molecular weight is 294 g/mol. The van der Waals surface area contributed by atoms with Gasteiger partial charge in [0.15, 0.2) is 6.79 Å². The normalized spacial score (nSPS) is 20.1. The fourth-order valence-electron chi connectivity index (χ4n) is 2.20. The Balaban J connectivity index is 1.74. The lowest BCUT2D eigenvalue weighted by Crippen LogP contribution is -2.08. The third-order valence-electron chi connectivity index (χ3n) is 3.43. The largest absolute Gasteiger partial charge is 0.468 e. The van der Waals surface area contributed by atoms with Crippen LogP contribution in [0.2, 0.25) is 0 Å². The number of carbonyl (C=O) groups is 1. The first kappa shape index (κ1) is 15.8. The van der Waals surface area contributed by atoms with E-state index in [1.807, 2.05) is 31.2 Å². The Morgan fingerprint density at radius 2 is 2.00 bits per heavy atom. The lowest BCUT2D eigenvalue weighted by molar-refractivity contribution is -0.144. The van der Waals surface area contributed by atoms with Gasteiger partial charge in [-0.2, -0.15) is 0 Å². The highest BCUT2D eigenvalue weighted by molar-refractivity contribution is 5.77. The molecule has 2 unspecified atom stereocenters. The monoisotopic (exact) mass is 294 g/mol. The molecule has 1 aromatic carbocycles. The Morgan fingerprint density at radius 1 is 1.24 bits per heavy atom. The summed E-state index contributed by atoms with van der Waals surface area (Å²) in [6, 6.07) is 7.79. The highest BCUT2D eigenvalue weighted by Crippen LogP contribution is 2.48. The molecule has 1 aliphatic rings. The fourth-order valence-corrected chi connectivity index (χ4v) is 2.20. The van der Waals surface area contributed by atoms with Crippen molar-refractivity contribution in [2.24, 2.45) is 5.92 Å². The number of carbonyl (C=O) groups excluding carboxylic acids is 1. The van der Waals surface area contributed by atoms with Crippen LogP contribution in [0.1, 0.15) is 24.8 Å². The molecule has 116 valence electrons. The molecule has 1 fully saturated rings. The van der Waals surface area contributed by atoms with Crippen molar-refractivity contribution in [2.75, 3.05) is 33.7 Å². The summed E-state index contributed by atoms with van der Waals surface area (Å²) in [5, 5.41) is 0. The first-order valence-electron chi connectivity index (χ1n) is 7.22. The number of hydrogen-bond acceptors (Lipinski definition) is 5. The first-order chi connectivity index (χ1) is 10.3.